The fraction of sp³-hybridized carbons (Fsp3) is 0.571. The molecule has 0 aromatic heterocycles. The van der Waals surface area contributed by atoms with Crippen molar-refractivity contribution in [3.8, 4) is 0 Å². The van der Waals surface area contributed by atoms with Gasteiger partial charge in [-0.05, 0) is 37.1 Å². The van der Waals surface area contributed by atoms with E-state index in [0.29, 0.717) is 18.0 Å². The number of aryl methyl sites for hydroxylation is 2. The topological polar surface area (TPSA) is 40.6 Å². The first-order valence-electron chi connectivity index (χ1n) is 6.81. The summed E-state index contributed by atoms with van der Waals surface area (Å²) in [6.07, 6.45) is 0. The molecule has 112 valence electrons. The average molecular weight is 361 g/mol. The van der Waals surface area contributed by atoms with Crippen LogP contribution in [0.2, 0.25) is 0 Å². The van der Waals surface area contributed by atoms with Crippen molar-refractivity contribution in [1.29, 1.82) is 0 Å². The van der Waals surface area contributed by atoms with Gasteiger partial charge in [-0.15, -0.1) is 0 Å². The lowest BCUT2D eigenvalue weighted by molar-refractivity contribution is 0.198. The Morgan fingerprint density at radius 3 is 2.30 bits per heavy atom. The van der Waals surface area contributed by atoms with E-state index in [0.717, 1.165) is 36.1 Å². The Balaban J connectivity index is 2.13. The lowest BCUT2D eigenvalue weighted by Gasteiger charge is -2.33. The maximum atomic E-state index is 12.6. The molecule has 0 N–H and O–H groups in total. The molecule has 1 aromatic carbocycles. The lowest BCUT2D eigenvalue weighted by atomic mass is 10.1. The lowest BCUT2D eigenvalue weighted by Crippen LogP contribution is -2.48. The van der Waals surface area contributed by atoms with Crippen LogP contribution in [0.25, 0.3) is 0 Å². The van der Waals surface area contributed by atoms with E-state index >= 15 is 0 Å². The summed E-state index contributed by atoms with van der Waals surface area (Å²) in [6.45, 7) is 7.65. The van der Waals surface area contributed by atoms with Gasteiger partial charge in [0.2, 0.25) is 10.0 Å². The first-order chi connectivity index (χ1) is 9.45. The first-order valence-corrected chi connectivity index (χ1v) is 9.37. The number of sulfonamides is 1. The van der Waals surface area contributed by atoms with Crippen LogP contribution in [0.3, 0.4) is 0 Å². The zero-order valence-corrected chi connectivity index (χ0v) is 14.4. The molecule has 6 heteroatoms. The molecule has 0 unspecified atom stereocenters. The minimum Gasteiger partial charge on any atom is -0.300 e. The number of halogens is 1. The van der Waals surface area contributed by atoms with E-state index in [1.54, 1.807) is 16.4 Å². The largest absolute Gasteiger partial charge is 0.300 e. The van der Waals surface area contributed by atoms with Crippen molar-refractivity contribution in [3.63, 3.8) is 0 Å². The van der Waals surface area contributed by atoms with Gasteiger partial charge in [0.1, 0.15) is 0 Å². The molecule has 1 aromatic rings. The van der Waals surface area contributed by atoms with Crippen LogP contribution in [0.4, 0.5) is 0 Å². The molecule has 1 aliphatic rings. The van der Waals surface area contributed by atoms with Gasteiger partial charge >= 0.3 is 0 Å². The maximum Gasteiger partial charge on any atom is 0.243 e. The third-order valence-electron chi connectivity index (χ3n) is 3.85. The van der Waals surface area contributed by atoms with Crippen LogP contribution in [0.15, 0.2) is 23.1 Å². The highest BCUT2D eigenvalue weighted by atomic mass is 79.9. The SMILES string of the molecule is Cc1ccc(S(=O)(=O)N2CCN(CCBr)CC2)cc1C. The summed E-state index contributed by atoms with van der Waals surface area (Å²) in [5.41, 5.74) is 2.13. The third-order valence-corrected chi connectivity index (χ3v) is 6.10. The van der Waals surface area contributed by atoms with Crippen molar-refractivity contribution >= 4 is 26.0 Å². The molecule has 4 nitrogen and oxygen atoms in total. The van der Waals surface area contributed by atoms with Crippen LogP contribution in [0.5, 0.6) is 0 Å². The number of benzene rings is 1. The molecule has 0 radical (unpaired) electrons. The zero-order valence-electron chi connectivity index (χ0n) is 12.0. The fourth-order valence-corrected chi connectivity index (χ4v) is 4.35. The van der Waals surface area contributed by atoms with E-state index in [1.807, 2.05) is 19.9 Å². The predicted octanol–water partition coefficient (Wildman–Crippen LogP) is 2.00. The maximum absolute atomic E-state index is 12.6. The van der Waals surface area contributed by atoms with Crippen LogP contribution in [0, 0.1) is 13.8 Å². The molecule has 0 atom stereocenters. The highest BCUT2D eigenvalue weighted by molar-refractivity contribution is 9.09. The minimum atomic E-state index is -3.34. The van der Waals surface area contributed by atoms with Crippen molar-refractivity contribution < 1.29 is 8.42 Å². The van der Waals surface area contributed by atoms with E-state index in [4.69, 9.17) is 0 Å². The molecule has 0 amide bonds. The molecule has 0 spiro atoms. The number of rotatable bonds is 4. The Labute approximate surface area is 129 Å². The predicted molar refractivity (Wildman–Crippen MR) is 84.9 cm³/mol. The van der Waals surface area contributed by atoms with Crippen molar-refractivity contribution in [1.82, 2.24) is 9.21 Å². The van der Waals surface area contributed by atoms with Gasteiger partial charge in [-0.25, -0.2) is 8.42 Å². The van der Waals surface area contributed by atoms with Gasteiger partial charge in [0.05, 0.1) is 4.90 Å². The van der Waals surface area contributed by atoms with Crippen molar-refractivity contribution in [2.24, 2.45) is 0 Å². The summed E-state index contributed by atoms with van der Waals surface area (Å²) < 4.78 is 26.8. The van der Waals surface area contributed by atoms with Crippen molar-refractivity contribution in [2.45, 2.75) is 18.7 Å². The summed E-state index contributed by atoms with van der Waals surface area (Å²) in [7, 11) is -3.34. The van der Waals surface area contributed by atoms with Crippen LogP contribution in [-0.4, -0.2) is 55.7 Å². The molecular formula is C14H21BrN2O2S. The van der Waals surface area contributed by atoms with Gasteiger partial charge in [0.25, 0.3) is 0 Å². The second-order valence-electron chi connectivity index (χ2n) is 5.18. The van der Waals surface area contributed by atoms with E-state index in [2.05, 4.69) is 20.8 Å². The Bertz CT molecular complexity index is 567. The smallest absolute Gasteiger partial charge is 0.243 e. The van der Waals surface area contributed by atoms with E-state index in [1.165, 1.54) is 0 Å². The second-order valence-corrected chi connectivity index (χ2v) is 7.91. The summed E-state index contributed by atoms with van der Waals surface area (Å²) in [5, 5.41) is 0.927. The molecule has 20 heavy (non-hydrogen) atoms. The van der Waals surface area contributed by atoms with E-state index < -0.39 is 10.0 Å². The summed E-state index contributed by atoms with van der Waals surface area (Å²) in [4.78, 5) is 2.69. The molecule has 0 bridgehead atoms. The third kappa shape index (κ3) is 3.42. The highest BCUT2D eigenvalue weighted by Gasteiger charge is 2.28. The van der Waals surface area contributed by atoms with Crippen molar-refractivity contribution in [2.75, 3.05) is 38.1 Å². The van der Waals surface area contributed by atoms with Gasteiger partial charge in [0.15, 0.2) is 0 Å². The molecule has 1 heterocycles. The molecule has 0 saturated carbocycles. The molecule has 2 rings (SSSR count). The molecular weight excluding hydrogens is 340 g/mol. The highest BCUT2D eigenvalue weighted by Crippen LogP contribution is 2.20. The quantitative estimate of drug-likeness (QED) is 0.771. The Morgan fingerprint density at radius 2 is 1.75 bits per heavy atom. The van der Waals surface area contributed by atoms with Gasteiger partial charge in [0, 0.05) is 38.1 Å². The van der Waals surface area contributed by atoms with Crippen LogP contribution in [0.1, 0.15) is 11.1 Å². The van der Waals surface area contributed by atoms with Gasteiger partial charge < -0.3 is 0 Å². The average Bonchev–Trinajstić information content (AvgIpc) is 2.43. The van der Waals surface area contributed by atoms with Crippen LogP contribution in [-0.2, 0) is 10.0 Å². The fourth-order valence-electron chi connectivity index (χ4n) is 2.34. The zero-order chi connectivity index (χ0) is 14.8. The standard InChI is InChI=1S/C14H21BrN2O2S/c1-12-3-4-14(11-13(12)2)20(18,19)17-9-7-16(6-5-15)8-10-17/h3-4,11H,5-10H2,1-2H3. The number of alkyl halides is 1. The second kappa shape index (κ2) is 6.56. The van der Waals surface area contributed by atoms with Gasteiger partial charge in [-0.1, -0.05) is 22.0 Å². The Kier molecular flexibility index (Phi) is 5.23. The number of nitrogens with zero attached hydrogens (tertiary/aromatic N) is 2. The normalized spacial score (nSPS) is 18.4. The molecule has 0 aliphatic carbocycles. The summed E-state index contributed by atoms with van der Waals surface area (Å²) in [5.74, 6) is 0. The molecule has 1 fully saturated rings. The molecule has 1 saturated heterocycles. The Morgan fingerprint density at radius 1 is 1.10 bits per heavy atom. The monoisotopic (exact) mass is 360 g/mol. The number of hydrogen-bond acceptors (Lipinski definition) is 3. The van der Waals surface area contributed by atoms with Gasteiger partial charge in [-0.3, -0.25) is 4.90 Å². The van der Waals surface area contributed by atoms with E-state index in [-0.39, 0.29) is 0 Å². The summed E-state index contributed by atoms with van der Waals surface area (Å²) in [6, 6.07) is 5.36. The van der Waals surface area contributed by atoms with E-state index in [9.17, 15) is 8.42 Å². The number of piperazine rings is 1. The number of hydrogen-bond donors (Lipinski definition) is 0. The Hall–Kier alpha value is -0.430. The van der Waals surface area contributed by atoms with Crippen LogP contribution >= 0.6 is 15.9 Å². The summed E-state index contributed by atoms with van der Waals surface area (Å²) >= 11 is 3.42. The van der Waals surface area contributed by atoms with Crippen molar-refractivity contribution in [3.05, 3.63) is 29.3 Å². The molecule has 1 aliphatic heterocycles. The minimum absolute atomic E-state index is 0.412. The van der Waals surface area contributed by atoms with Crippen LogP contribution < -0.4 is 0 Å². The first kappa shape index (κ1) is 15.9. The van der Waals surface area contributed by atoms with Gasteiger partial charge in [-0.2, -0.15) is 4.31 Å².